The lowest BCUT2D eigenvalue weighted by Gasteiger charge is -2.15. The van der Waals surface area contributed by atoms with Crippen LogP contribution in [0.1, 0.15) is 31.1 Å². The number of amides is 1. The summed E-state index contributed by atoms with van der Waals surface area (Å²) in [4.78, 5) is 12.3. The number of halogens is 1. The number of ether oxygens (including phenoxy) is 2. The Kier molecular flexibility index (Phi) is 5.57. The Morgan fingerprint density at radius 1 is 1.17 bits per heavy atom. The van der Waals surface area contributed by atoms with E-state index in [4.69, 9.17) is 9.47 Å². The molecule has 2 aromatic rings. The summed E-state index contributed by atoms with van der Waals surface area (Å²) in [7, 11) is 0. The highest BCUT2D eigenvalue weighted by Crippen LogP contribution is 2.29. The van der Waals surface area contributed by atoms with Crippen molar-refractivity contribution in [2.75, 3.05) is 11.9 Å². The van der Waals surface area contributed by atoms with Crippen molar-refractivity contribution in [3.63, 3.8) is 0 Å². The van der Waals surface area contributed by atoms with E-state index >= 15 is 0 Å². The van der Waals surface area contributed by atoms with Gasteiger partial charge in [-0.15, -0.1) is 0 Å². The highest BCUT2D eigenvalue weighted by molar-refractivity contribution is 6.04. The number of nitrogens with one attached hydrogen (secondary N) is 1. The molecular formula is C18H20FNO3. The van der Waals surface area contributed by atoms with Crippen LogP contribution < -0.4 is 14.8 Å². The third kappa shape index (κ3) is 4.71. The number of carbonyl (C=O) groups excluding carboxylic acids is 1. The normalized spacial score (nSPS) is 10.5. The van der Waals surface area contributed by atoms with E-state index in [1.54, 1.807) is 24.3 Å². The predicted octanol–water partition coefficient (Wildman–Crippen LogP) is 4.26. The molecule has 0 atom stereocenters. The molecule has 0 aliphatic heterocycles. The molecular weight excluding hydrogens is 297 g/mol. The van der Waals surface area contributed by atoms with Crippen LogP contribution in [0.15, 0.2) is 42.5 Å². The monoisotopic (exact) mass is 317 g/mol. The maximum atomic E-state index is 13.2. The van der Waals surface area contributed by atoms with E-state index in [1.165, 1.54) is 18.2 Å². The molecule has 2 aromatic carbocycles. The maximum Gasteiger partial charge on any atom is 0.255 e. The molecule has 0 saturated heterocycles. The minimum Gasteiger partial charge on any atom is -0.490 e. The lowest BCUT2D eigenvalue weighted by Crippen LogP contribution is -2.13. The molecule has 1 N–H and O–H groups in total. The predicted molar refractivity (Wildman–Crippen MR) is 87.7 cm³/mol. The van der Waals surface area contributed by atoms with Crippen molar-refractivity contribution >= 4 is 11.6 Å². The van der Waals surface area contributed by atoms with Gasteiger partial charge in [0, 0.05) is 11.3 Å². The third-order valence-electron chi connectivity index (χ3n) is 2.95. The number of anilines is 1. The minimum absolute atomic E-state index is 0.00109. The van der Waals surface area contributed by atoms with Gasteiger partial charge in [-0.2, -0.15) is 0 Å². The van der Waals surface area contributed by atoms with Crippen molar-refractivity contribution in [1.82, 2.24) is 0 Å². The molecule has 23 heavy (non-hydrogen) atoms. The summed E-state index contributed by atoms with van der Waals surface area (Å²) >= 11 is 0. The lowest BCUT2D eigenvalue weighted by molar-refractivity contribution is 0.102. The van der Waals surface area contributed by atoms with Crippen molar-refractivity contribution < 1.29 is 18.7 Å². The van der Waals surface area contributed by atoms with Crippen LogP contribution in [0.3, 0.4) is 0 Å². The molecule has 1 amide bonds. The molecule has 0 aromatic heterocycles. The highest BCUT2D eigenvalue weighted by Gasteiger charge is 2.13. The maximum absolute atomic E-state index is 13.2. The van der Waals surface area contributed by atoms with Crippen LogP contribution in [0.5, 0.6) is 11.5 Å². The molecule has 122 valence electrons. The fraction of sp³-hybridized carbons (Fsp3) is 0.278. The number of carbonyl (C=O) groups is 1. The first-order valence-corrected chi connectivity index (χ1v) is 7.50. The molecule has 0 radical (unpaired) electrons. The quantitative estimate of drug-likeness (QED) is 0.866. The van der Waals surface area contributed by atoms with Gasteiger partial charge in [-0.1, -0.05) is 6.07 Å². The summed E-state index contributed by atoms with van der Waals surface area (Å²) in [6.45, 7) is 6.16. The van der Waals surface area contributed by atoms with Crippen LogP contribution in [-0.2, 0) is 0 Å². The summed E-state index contributed by atoms with van der Waals surface area (Å²) in [5.74, 6) is 0.350. The number of hydrogen-bond acceptors (Lipinski definition) is 3. The van der Waals surface area contributed by atoms with Crippen LogP contribution in [0.25, 0.3) is 0 Å². The Morgan fingerprint density at radius 3 is 2.61 bits per heavy atom. The van der Waals surface area contributed by atoms with Gasteiger partial charge in [-0.25, -0.2) is 4.39 Å². The van der Waals surface area contributed by atoms with Gasteiger partial charge in [0.05, 0.1) is 12.7 Å². The number of rotatable bonds is 6. The Labute approximate surface area is 135 Å². The molecule has 0 fully saturated rings. The largest absolute Gasteiger partial charge is 0.490 e. The van der Waals surface area contributed by atoms with Crippen LogP contribution in [0.4, 0.5) is 10.1 Å². The smallest absolute Gasteiger partial charge is 0.255 e. The minimum atomic E-state index is -0.404. The second-order valence-corrected chi connectivity index (χ2v) is 5.23. The van der Waals surface area contributed by atoms with Crippen molar-refractivity contribution in [3.05, 3.63) is 53.8 Å². The van der Waals surface area contributed by atoms with E-state index in [9.17, 15) is 9.18 Å². The lowest BCUT2D eigenvalue weighted by atomic mass is 10.1. The average Bonchev–Trinajstić information content (AvgIpc) is 2.48. The van der Waals surface area contributed by atoms with Gasteiger partial charge in [0.2, 0.25) is 0 Å². The molecule has 0 saturated carbocycles. The molecule has 0 spiro atoms. The van der Waals surface area contributed by atoms with Gasteiger partial charge in [0.1, 0.15) is 5.82 Å². The van der Waals surface area contributed by atoms with Crippen LogP contribution >= 0.6 is 0 Å². The molecule has 0 aliphatic carbocycles. The third-order valence-corrected chi connectivity index (χ3v) is 2.95. The van der Waals surface area contributed by atoms with E-state index in [0.717, 1.165) is 0 Å². The summed E-state index contributed by atoms with van der Waals surface area (Å²) in [5, 5.41) is 2.65. The molecule has 0 heterocycles. The topological polar surface area (TPSA) is 47.6 Å². The van der Waals surface area contributed by atoms with Crippen LogP contribution in [0.2, 0.25) is 0 Å². The van der Waals surface area contributed by atoms with E-state index < -0.39 is 5.82 Å². The second-order valence-electron chi connectivity index (χ2n) is 5.23. The average molecular weight is 317 g/mol. The zero-order valence-electron chi connectivity index (χ0n) is 13.4. The van der Waals surface area contributed by atoms with Crippen LogP contribution in [-0.4, -0.2) is 18.6 Å². The highest BCUT2D eigenvalue weighted by atomic mass is 19.1. The standard InChI is InChI=1S/C18H20FNO3/c1-4-22-17-10-13(8-9-16(17)23-12(2)3)18(21)20-15-7-5-6-14(19)11-15/h5-12H,4H2,1-3H3,(H,20,21). The fourth-order valence-electron chi connectivity index (χ4n) is 2.04. The van der Waals surface area contributed by atoms with Gasteiger partial charge in [0.15, 0.2) is 11.5 Å². The van der Waals surface area contributed by atoms with Gasteiger partial charge < -0.3 is 14.8 Å². The molecule has 4 nitrogen and oxygen atoms in total. The van der Waals surface area contributed by atoms with Crippen molar-refractivity contribution in [3.8, 4) is 11.5 Å². The Hall–Kier alpha value is -2.56. The Balaban J connectivity index is 2.21. The van der Waals surface area contributed by atoms with Gasteiger partial charge >= 0.3 is 0 Å². The molecule has 5 heteroatoms. The van der Waals surface area contributed by atoms with E-state index in [1.807, 2.05) is 20.8 Å². The first kappa shape index (κ1) is 16.8. The Bertz CT molecular complexity index is 686. The second kappa shape index (κ2) is 7.63. The van der Waals surface area contributed by atoms with Gasteiger partial charge in [0.25, 0.3) is 5.91 Å². The summed E-state index contributed by atoms with van der Waals surface area (Å²) < 4.78 is 24.4. The first-order chi connectivity index (χ1) is 11.0. The molecule has 0 bridgehead atoms. The van der Waals surface area contributed by atoms with E-state index in [-0.39, 0.29) is 12.0 Å². The van der Waals surface area contributed by atoms with Gasteiger partial charge in [-0.3, -0.25) is 4.79 Å². The number of benzene rings is 2. The fourth-order valence-corrected chi connectivity index (χ4v) is 2.04. The van der Waals surface area contributed by atoms with E-state index in [0.29, 0.717) is 29.4 Å². The summed E-state index contributed by atoms with van der Waals surface area (Å²) in [6, 6.07) is 10.7. The zero-order chi connectivity index (χ0) is 16.8. The van der Waals surface area contributed by atoms with E-state index in [2.05, 4.69) is 5.32 Å². The zero-order valence-corrected chi connectivity index (χ0v) is 13.4. The van der Waals surface area contributed by atoms with Crippen molar-refractivity contribution in [1.29, 1.82) is 0 Å². The SMILES string of the molecule is CCOc1cc(C(=O)Nc2cccc(F)c2)ccc1OC(C)C. The van der Waals surface area contributed by atoms with Crippen molar-refractivity contribution in [2.24, 2.45) is 0 Å². The molecule has 2 rings (SSSR count). The molecule has 0 unspecified atom stereocenters. The van der Waals surface area contributed by atoms with Crippen molar-refractivity contribution in [2.45, 2.75) is 26.9 Å². The Morgan fingerprint density at radius 2 is 1.96 bits per heavy atom. The van der Waals surface area contributed by atoms with Crippen LogP contribution in [0, 0.1) is 5.82 Å². The van der Waals surface area contributed by atoms with Gasteiger partial charge in [-0.05, 0) is 57.2 Å². The summed E-state index contributed by atoms with van der Waals surface area (Å²) in [6.07, 6.45) is 0.00109. The first-order valence-electron chi connectivity index (χ1n) is 7.50. The number of hydrogen-bond donors (Lipinski definition) is 1. The summed E-state index contributed by atoms with van der Waals surface area (Å²) in [5.41, 5.74) is 0.810. The molecule has 0 aliphatic rings.